The predicted molar refractivity (Wildman–Crippen MR) is 52.4 cm³/mol. The number of hydrogen-bond acceptors (Lipinski definition) is 1. The van der Waals surface area contributed by atoms with Crippen molar-refractivity contribution in [3.63, 3.8) is 0 Å². The largest absolute Gasteiger partial charge is 0.481 e. The molecule has 0 aromatic heterocycles. The van der Waals surface area contributed by atoms with Gasteiger partial charge in [-0.2, -0.15) is 0 Å². The van der Waals surface area contributed by atoms with Gasteiger partial charge < -0.3 is 5.11 Å². The fourth-order valence-corrected chi connectivity index (χ4v) is 1.55. The Kier molecular flexibility index (Phi) is 2.60. The smallest absolute Gasteiger partial charge is 0.313 e. The molecule has 13 heavy (non-hydrogen) atoms. The number of carboxylic acids is 1. The van der Waals surface area contributed by atoms with E-state index in [1.807, 2.05) is 13.0 Å². The van der Waals surface area contributed by atoms with E-state index in [2.05, 4.69) is 6.58 Å². The van der Waals surface area contributed by atoms with Gasteiger partial charge in [-0.3, -0.25) is 4.79 Å². The number of hydrogen-bond donors (Lipinski definition) is 1. The van der Waals surface area contributed by atoms with Crippen molar-refractivity contribution in [1.82, 2.24) is 0 Å². The van der Waals surface area contributed by atoms with E-state index in [9.17, 15) is 4.79 Å². The van der Waals surface area contributed by atoms with Crippen LogP contribution >= 0.6 is 0 Å². The number of rotatable bonds is 2. The van der Waals surface area contributed by atoms with Crippen LogP contribution in [0.2, 0.25) is 0 Å². The average Bonchev–Trinajstić information content (AvgIpc) is 2.04. The first-order valence-electron chi connectivity index (χ1n) is 4.54. The van der Waals surface area contributed by atoms with Crippen molar-refractivity contribution in [3.8, 4) is 0 Å². The maximum Gasteiger partial charge on any atom is 0.313 e. The highest BCUT2D eigenvalue weighted by molar-refractivity contribution is 5.76. The molecule has 0 amide bonds. The molecular weight excluding hydrogens is 164 g/mol. The summed E-state index contributed by atoms with van der Waals surface area (Å²) in [5, 5.41) is 8.95. The Labute approximate surface area is 79.0 Å². The number of carboxylic acid groups (broad SMARTS) is 1. The maximum atomic E-state index is 10.9. The van der Waals surface area contributed by atoms with Gasteiger partial charge in [0.05, 0.1) is 5.41 Å². The molecule has 1 aliphatic carbocycles. The SMILES string of the molecule is C=C(C)[C@@H]1C=C[C@@](C)(C(=O)O)CC1. The van der Waals surface area contributed by atoms with Crippen LogP contribution in [-0.4, -0.2) is 11.1 Å². The van der Waals surface area contributed by atoms with E-state index in [0.717, 1.165) is 12.0 Å². The highest BCUT2D eigenvalue weighted by Crippen LogP contribution is 2.35. The van der Waals surface area contributed by atoms with Gasteiger partial charge in [0.25, 0.3) is 0 Å². The van der Waals surface area contributed by atoms with Gasteiger partial charge in [0.1, 0.15) is 0 Å². The summed E-state index contributed by atoms with van der Waals surface area (Å²) in [7, 11) is 0. The van der Waals surface area contributed by atoms with E-state index in [0.29, 0.717) is 12.3 Å². The molecule has 2 nitrogen and oxygen atoms in total. The lowest BCUT2D eigenvalue weighted by Crippen LogP contribution is -2.28. The van der Waals surface area contributed by atoms with E-state index in [-0.39, 0.29) is 0 Å². The highest BCUT2D eigenvalue weighted by atomic mass is 16.4. The van der Waals surface area contributed by atoms with Crippen molar-refractivity contribution in [2.45, 2.75) is 26.7 Å². The van der Waals surface area contributed by atoms with Crippen LogP contribution in [0.3, 0.4) is 0 Å². The molecule has 0 radical (unpaired) electrons. The van der Waals surface area contributed by atoms with Crippen molar-refractivity contribution in [2.24, 2.45) is 11.3 Å². The van der Waals surface area contributed by atoms with Crippen LogP contribution in [0.1, 0.15) is 26.7 Å². The van der Waals surface area contributed by atoms with E-state index >= 15 is 0 Å². The zero-order valence-electron chi connectivity index (χ0n) is 8.21. The van der Waals surface area contributed by atoms with Crippen molar-refractivity contribution in [1.29, 1.82) is 0 Å². The summed E-state index contributed by atoms with van der Waals surface area (Å²) >= 11 is 0. The lowest BCUT2D eigenvalue weighted by Gasteiger charge is -2.28. The Morgan fingerprint density at radius 3 is 2.62 bits per heavy atom. The topological polar surface area (TPSA) is 37.3 Å². The molecule has 0 spiro atoms. The van der Waals surface area contributed by atoms with Crippen LogP contribution in [-0.2, 0) is 4.79 Å². The normalized spacial score (nSPS) is 32.9. The van der Waals surface area contributed by atoms with E-state index < -0.39 is 11.4 Å². The van der Waals surface area contributed by atoms with Gasteiger partial charge >= 0.3 is 5.97 Å². The minimum absolute atomic E-state index is 0.368. The van der Waals surface area contributed by atoms with E-state index in [1.165, 1.54) is 0 Å². The second kappa shape index (κ2) is 3.36. The van der Waals surface area contributed by atoms with Crippen LogP contribution < -0.4 is 0 Å². The summed E-state index contributed by atoms with van der Waals surface area (Å²) in [5.74, 6) is -0.364. The van der Waals surface area contributed by atoms with Crippen molar-refractivity contribution in [3.05, 3.63) is 24.3 Å². The maximum absolute atomic E-state index is 10.9. The Bertz CT molecular complexity index is 265. The quantitative estimate of drug-likeness (QED) is 0.663. The zero-order valence-corrected chi connectivity index (χ0v) is 8.21. The molecule has 1 N–H and O–H groups in total. The summed E-state index contributed by atoms with van der Waals surface area (Å²) in [6, 6.07) is 0. The second-order valence-corrected chi connectivity index (χ2v) is 4.07. The second-order valence-electron chi connectivity index (χ2n) is 4.07. The van der Waals surface area contributed by atoms with Gasteiger partial charge in [-0.05, 0) is 32.6 Å². The molecule has 0 heterocycles. The Morgan fingerprint density at radius 1 is 1.69 bits per heavy atom. The van der Waals surface area contributed by atoms with Crippen LogP contribution in [0.5, 0.6) is 0 Å². The Morgan fingerprint density at radius 2 is 2.31 bits per heavy atom. The third-order valence-corrected chi connectivity index (χ3v) is 2.79. The first kappa shape index (κ1) is 10.0. The molecule has 0 aromatic carbocycles. The van der Waals surface area contributed by atoms with Crippen LogP contribution in [0.25, 0.3) is 0 Å². The summed E-state index contributed by atoms with van der Waals surface area (Å²) in [6.07, 6.45) is 5.38. The van der Waals surface area contributed by atoms with Gasteiger partial charge in [-0.15, -0.1) is 0 Å². The summed E-state index contributed by atoms with van der Waals surface area (Å²) in [6.45, 7) is 7.62. The summed E-state index contributed by atoms with van der Waals surface area (Å²) < 4.78 is 0. The molecule has 0 fully saturated rings. The molecule has 0 unspecified atom stereocenters. The minimum Gasteiger partial charge on any atom is -0.481 e. The zero-order chi connectivity index (χ0) is 10.1. The monoisotopic (exact) mass is 180 g/mol. The van der Waals surface area contributed by atoms with Crippen LogP contribution in [0.15, 0.2) is 24.3 Å². The molecule has 1 rings (SSSR count). The lowest BCUT2D eigenvalue weighted by molar-refractivity contribution is -0.145. The molecule has 2 atom stereocenters. The van der Waals surface area contributed by atoms with Gasteiger partial charge in [-0.25, -0.2) is 0 Å². The fraction of sp³-hybridized carbons (Fsp3) is 0.545. The third kappa shape index (κ3) is 2.00. The molecule has 0 bridgehead atoms. The lowest BCUT2D eigenvalue weighted by atomic mass is 9.76. The van der Waals surface area contributed by atoms with Gasteiger partial charge in [0.15, 0.2) is 0 Å². The summed E-state index contributed by atoms with van der Waals surface area (Å²) in [4.78, 5) is 10.9. The first-order chi connectivity index (χ1) is 5.96. The summed E-state index contributed by atoms with van der Waals surface area (Å²) in [5.41, 5.74) is 0.454. The Hall–Kier alpha value is -1.05. The molecule has 0 aromatic rings. The predicted octanol–water partition coefficient (Wildman–Crippen LogP) is 2.62. The average molecular weight is 180 g/mol. The van der Waals surface area contributed by atoms with Crippen LogP contribution in [0, 0.1) is 11.3 Å². The highest BCUT2D eigenvalue weighted by Gasteiger charge is 2.33. The fourth-order valence-electron chi connectivity index (χ4n) is 1.55. The van der Waals surface area contributed by atoms with Gasteiger partial charge in [0.2, 0.25) is 0 Å². The Balaban J connectivity index is 2.77. The van der Waals surface area contributed by atoms with Gasteiger partial charge in [0, 0.05) is 0 Å². The van der Waals surface area contributed by atoms with Crippen LogP contribution in [0.4, 0.5) is 0 Å². The van der Waals surface area contributed by atoms with Crippen molar-refractivity contribution in [2.75, 3.05) is 0 Å². The van der Waals surface area contributed by atoms with Crippen molar-refractivity contribution < 1.29 is 9.90 Å². The third-order valence-electron chi connectivity index (χ3n) is 2.79. The molecule has 0 saturated heterocycles. The first-order valence-corrected chi connectivity index (χ1v) is 4.54. The number of allylic oxidation sites excluding steroid dienone is 2. The molecular formula is C11H16O2. The molecule has 2 heteroatoms. The standard InChI is InChI=1S/C11H16O2/c1-8(2)9-4-6-11(3,7-5-9)10(12)13/h4,6,9H,1,5,7H2,2-3H3,(H,12,13)/t9-,11-/m1/s1. The molecule has 1 aliphatic rings. The molecule has 72 valence electrons. The molecule has 0 aliphatic heterocycles. The van der Waals surface area contributed by atoms with Gasteiger partial charge in [-0.1, -0.05) is 24.3 Å². The van der Waals surface area contributed by atoms with E-state index in [4.69, 9.17) is 5.11 Å². The number of aliphatic carboxylic acids is 1. The van der Waals surface area contributed by atoms with Crippen molar-refractivity contribution >= 4 is 5.97 Å². The minimum atomic E-state index is -0.732. The van der Waals surface area contributed by atoms with E-state index in [1.54, 1.807) is 13.0 Å². The number of carbonyl (C=O) groups is 1. The molecule has 0 saturated carbocycles.